The zero-order valence-corrected chi connectivity index (χ0v) is 18.4. The van der Waals surface area contributed by atoms with Crippen LogP contribution in [0, 0.1) is 0 Å². The summed E-state index contributed by atoms with van der Waals surface area (Å²) in [7, 11) is 3.47. The Labute approximate surface area is 177 Å². The summed E-state index contributed by atoms with van der Waals surface area (Å²) in [6.07, 6.45) is 2.26. The number of methoxy groups -OCH3 is 1. The van der Waals surface area contributed by atoms with Crippen LogP contribution < -0.4 is 20.1 Å². The van der Waals surface area contributed by atoms with Gasteiger partial charge in [-0.3, -0.25) is 9.89 Å². The van der Waals surface area contributed by atoms with Gasteiger partial charge in [0.05, 0.1) is 13.7 Å². The van der Waals surface area contributed by atoms with Gasteiger partial charge in [0.1, 0.15) is 17.6 Å². The summed E-state index contributed by atoms with van der Waals surface area (Å²) < 4.78 is 11.2. The number of nitrogens with one attached hydrogen (secondary N) is 2. The fourth-order valence-corrected chi connectivity index (χ4v) is 4.11. The summed E-state index contributed by atoms with van der Waals surface area (Å²) in [5.41, 5.74) is 1.42. The molecule has 2 heterocycles. The Morgan fingerprint density at radius 3 is 2.76 bits per heavy atom. The van der Waals surface area contributed by atoms with Crippen LogP contribution in [-0.4, -0.2) is 56.8 Å². The Morgan fingerprint density at radius 1 is 1.28 bits per heavy atom. The summed E-state index contributed by atoms with van der Waals surface area (Å²) in [5.74, 6) is 2.44. The Kier molecular flexibility index (Phi) is 8.19. The maximum Gasteiger partial charge on any atom is 0.191 e. The molecule has 2 N–H and O–H groups in total. The predicted octanol–water partition coefficient (Wildman–Crippen LogP) is 3.35. The molecule has 1 saturated heterocycles. The second kappa shape index (κ2) is 11.1. The summed E-state index contributed by atoms with van der Waals surface area (Å²) in [6.45, 7) is 6.00. The van der Waals surface area contributed by atoms with Crippen molar-refractivity contribution in [3.63, 3.8) is 0 Å². The first-order valence-corrected chi connectivity index (χ1v) is 11.1. The lowest BCUT2D eigenvalue weighted by Gasteiger charge is -2.33. The van der Waals surface area contributed by atoms with Gasteiger partial charge in [0.2, 0.25) is 0 Å². The molecule has 29 heavy (non-hydrogen) atoms. The Bertz CT molecular complexity index is 758. The number of guanidine groups is 1. The molecule has 1 fully saturated rings. The lowest BCUT2D eigenvalue weighted by atomic mass is 10.0. The Hall–Kier alpha value is -2.25. The largest absolute Gasteiger partial charge is 0.497 e. The van der Waals surface area contributed by atoms with E-state index in [0.29, 0.717) is 12.6 Å². The van der Waals surface area contributed by atoms with E-state index in [1.807, 2.05) is 38.2 Å². The molecule has 0 amide bonds. The molecule has 2 aromatic rings. The van der Waals surface area contributed by atoms with Crippen LogP contribution in [0.4, 0.5) is 0 Å². The van der Waals surface area contributed by atoms with Crippen molar-refractivity contribution < 1.29 is 9.47 Å². The third-order valence-electron chi connectivity index (χ3n) is 5.07. The van der Waals surface area contributed by atoms with E-state index in [9.17, 15) is 0 Å². The van der Waals surface area contributed by atoms with Crippen molar-refractivity contribution in [2.45, 2.75) is 38.5 Å². The van der Waals surface area contributed by atoms with Gasteiger partial charge < -0.3 is 20.1 Å². The van der Waals surface area contributed by atoms with E-state index >= 15 is 0 Å². The van der Waals surface area contributed by atoms with Crippen molar-refractivity contribution in [2.75, 3.05) is 33.8 Å². The van der Waals surface area contributed by atoms with Crippen LogP contribution in [0.5, 0.6) is 11.5 Å². The van der Waals surface area contributed by atoms with Crippen molar-refractivity contribution in [1.82, 2.24) is 15.5 Å². The van der Waals surface area contributed by atoms with Crippen LogP contribution in [0.25, 0.3) is 0 Å². The topological polar surface area (TPSA) is 58.1 Å². The van der Waals surface area contributed by atoms with E-state index in [0.717, 1.165) is 49.9 Å². The minimum absolute atomic E-state index is 0.00751. The van der Waals surface area contributed by atoms with E-state index in [-0.39, 0.29) is 6.10 Å². The van der Waals surface area contributed by atoms with Crippen LogP contribution in [0.3, 0.4) is 0 Å². The molecule has 1 unspecified atom stereocenters. The van der Waals surface area contributed by atoms with Gasteiger partial charge in [-0.25, -0.2) is 0 Å². The number of nitrogens with zero attached hydrogens (tertiary/aromatic N) is 2. The quantitative estimate of drug-likeness (QED) is 0.511. The highest BCUT2D eigenvalue weighted by atomic mass is 32.1. The van der Waals surface area contributed by atoms with Gasteiger partial charge in [-0.2, -0.15) is 11.3 Å². The maximum absolute atomic E-state index is 5.97. The minimum Gasteiger partial charge on any atom is -0.497 e. The molecule has 1 atom stereocenters. The van der Waals surface area contributed by atoms with Crippen molar-refractivity contribution in [2.24, 2.45) is 4.99 Å². The lowest BCUT2D eigenvalue weighted by molar-refractivity contribution is 0.198. The number of hydrogen-bond donors (Lipinski definition) is 2. The van der Waals surface area contributed by atoms with Gasteiger partial charge in [0.15, 0.2) is 5.96 Å². The minimum atomic E-state index is 0.00751. The molecule has 1 aromatic heterocycles. The highest BCUT2D eigenvalue weighted by molar-refractivity contribution is 7.07. The number of ether oxygens (including phenoxy) is 2. The Balaban J connectivity index is 1.38. The van der Waals surface area contributed by atoms with Crippen molar-refractivity contribution in [3.8, 4) is 11.5 Å². The van der Waals surface area contributed by atoms with E-state index in [1.165, 1.54) is 5.56 Å². The number of aliphatic imine (C=N–C) groups is 1. The Morgan fingerprint density at radius 2 is 2.07 bits per heavy atom. The molecule has 7 heteroatoms. The summed E-state index contributed by atoms with van der Waals surface area (Å²) in [4.78, 5) is 6.90. The highest BCUT2D eigenvalue weighted by Gasteiger charge is 2.20. The van der Waals surface area contributed by atoms with Gasteiger partial charge in [-0.05, 0) is 54.3 Å². The molecule has 0 aliphatic carbocycles. The monoisotopic (exact) mass is 416 g/mol. The normalized spacial score (nSPS) is 17.0. The molecule has 1 aliphatic heterocycles. The molecular formula is C22H32N4O2S. The number of rotatable bonds is 8. The zero-order chi connectivity index (χ0) is 20.5. The maximum atomic E-state index is 5.97. The van der Waals surface area contributed by atoms with Gasteiger partial charge in [-0.15, -0.1) is 0 Å². The first-order chi connectivity index (χ1) is 14.2. The van der Waals surface area contributed by atoms with Crippen molar-refractivity contribution >= 4 is 17.3 Å². The number of thiophene rings is 1. The second-order valence-corrected chi connectivity index (χ2v) is 8.17. The molecule has 6 nitrogen and oxygen atoms in total. The molecule has 0 saturated carbocycles. The highest BCUT2D eigenvalue weighted by Crippen LogP contribution is 2.20. The van der Waals surface area contributed by atoms with E-state index in [4.69, 9.17) is 9.47 Å². The van der Waals surface area contributed by atoms with Crippen LogP contribution in [0.2, 0.25) is 0 Å². The number of likely N-dealkylation sites (tertiary alicyclic amines) is 1. The molecule has 0 spiro atoms. The molecule has 1 aliphatic rings. The SMILES string of the molecule is CN=C(NCC(C)Oc1cccc(OC)c1)NC1CCN(Cc2ccsc2)CC1. The second-order valence-electron chi connectivity index (χ2n) is 7.39. The smallest absolute Gasteiger partial charge is 0.191 e. The first-order valence-electron chi connectivity index (χ1n) is 10.2. The van der Waals surface area contributed by atoms with E-state index in [1.54, 1.807) is 18.4 Å². The third kappa shape index (κ3) is 6.94. The van der Waals surface area contributed by atoms with Crippen LogP contribution >= 0.6 is 11.3 Å². The van der Waals surface area contributed by atoms with Crippen LogP contribution in [0.15, 0.2) is 46.1 Å². The lowest BCUT2D eigenvalue weighted by Crippen LogP contribution is -2.49. The first kappa shape index (κ1) is 21.5. The zero-order valence-electron chi connectivity index (χ0n) is 17.6. The van der Waals surface area contributed by atoms with E-state index in [2.05, 4.69) is 37.4 Å². The number of piperidine rings is 1. The van der Waals surface area contributed by atoms with Crippen molar-refractivity contribution in [1.29, 1.82) is 0 Å². The number of hydrogen-bond acceptors (Lipinski definition) is 5. The van der Waals surface area contributed by atoms with Gasteiger partial charge >= 0.3 is 0 Å². The average Bonchev–Trinajstić information content (AvgIpc) is 3.25. The molecule has 158 valence electrons. The summed E-state index contributed by atoms with van der Waals surface area (Å²) in [5, 5.41) is 11.3. The third-order valence-corrected chi connectivity index (χ3v) is 5.81. The standard InChI is InChI=1S/C22H32N4O2S/c1-17(28-21-6-4-5-20(13-21)27-3)14-24-22(23-2)25-19-7-10-26(11-8-19)15-18-9-12-29-16-18/h4-6,9,12-13,16-17,19H,7-8,10-11,14-15H2,1-3H3,(H2,23,24,25). The predicted molar refractivity (Wildman–Crippen MR) is 120 cm³/mol. The number of benzene rings is 1. The molecule has 0 radical (unpaired) electrons. The molecule has 1 aromatic carbocycles. The fourth-order valence-electron chi connectivity index (χ4n) is 3.45. The van der Waals surface area contributed by atoms with Crippen molar-refractivity contribution in [3.05, 3.63) is 46.7 Å². The van der Waals surface area contributed by atoms with Crippen LogP contribution in [0.1, 0.15) is 25.3 Å². The molecule has 3 rings (SSSR count). The summed E-state index contributed by atoms with van der Waals surface area (Å²) in [6, 6.07) is 10.3. The molecule has 0 bridgehead atoms. The van der Waals surface area contributed by atoms with E-state index < -0.39 is 0 Å². The summed E-state index contributed by atoms with van der Waals surface area (Å²) >= 11 is 1.77. The molecular weight excluding hydrogens is 384 g/mol. The van der Waals surface area contributed by atoms with Gasteiger partial charge in [0, 0.05) is 38.8 Å². The fraction of sp³-hybridized carbons (Fsp3) is 0.500. The van der Waals surface area contributed by atoms with Gasteiger partial charge in [-0.1, -0.05) is 6.07 Å². The van der Waals surface area contributed by atoms with Crippen LogP contribution in [-0.2, 0) is 6.54 Å². The average molecular weight is 417 g/mol. The van der Waals surface area contributed by atoms with Gasteiger partial charge in [0.25, 0.3) is 0 Å².